The Hall–Kier alpha value is -0.900. The molecule has 0 aromatic heterocycles. The van der Waals surface area contributed by atoms with Crippen LogP contribution in [-0.2, 0) is 0 Å². The molecule has 1 aliphatic rings. The van der Waals surface area contributed by atoms with Gasteiger partial charge in [0.2, 0.25) is 0 Å². The van der Waals surface area contributed by atoms with Crippen molar-refractivity contribution < 1.29 is 5.21 Å². The highest BCUT2D eigenvalue weighted by molar-refractivity contribution is 5.98. The average molecular weight is 309 g/mol. The quantitative estimate of drug-likeness (QED) is 0.480. The Morgan fingerprint density at radius 1 is 0.864 bits per heavy atom. The van der Waals surface area contributed by atoms with Crippen LogP contribution >= 0.6 is 0 Å². The first-order chi connectivity index (χ1) is 10.7. The first kappa shape index (κ1) is 19.1. The Morgan fingerprint density at radius 2 is 1.45 bits per heavy atom. The lowest BCUT2D eigenvalue weighted by Crippen LogP contribution is -2.40. The maximum absolute atomic E-state index is 10.4. The molecule has 0 fully saturated rings. The third-order valence-electron chi connectivity index (χ3n) is 4.18. The summed E-state index contributed by atoms with van der Waals surface area (Å²) in [6.07, 6.45) is 13.2. The summed E-state index contributed by atoms with van der Waals surface area (Å²) in [5.41, 5.74) is 0. The molecule has 4 nitrogen and oxygen atoms in total. The lowest BCUT2D eigenvalue weighted by atomic mass is 10.1. The maximum atomic E-state index is 10.4. The molecule has 1 aliphatic heterocycles. The highest BCUT2D eigenvalue weighted by atomic mass is 16.5. The van der Waals surface area contributed by atoms with Crippen molar-refractivity contribution in [2.24, 2.45) is 9.98 Å². The number of amidine groups is 2. The van der Waals surface area contributed by atoms with E-state index in [1.54, 1.807) is 0 Å². The lowest BCUT2D eigenvalue weighted by molar-refractivity contribution is -0.0578. The van der Waals surface area contributed by atoms with Crippen LogP contribution in [0.4, 0.5) is 0 Å². The third-order valence-corrected chi connectivity index (χ3v) is 4.18. The molecule has 0 saturated heterocycles. The Bertz CT molecular complexity index is 352. The van der Waals surface area contributed by atoms with Gasteiger partial charge in [0.1, 0.15) is 17.8 Å². The molecular weight excluding hydrogens is 274 g/mol. The van der Waals surface area contributed by atoms with Crippen molar-refractivity contribution in [3.05, 3.63) is 0 Å². The average Bonchev–Trinajstić information content (AvgIpc) is 2.52. The fraction of sp³-hybridized carbons (Fsp3) is 0.889. The minimum absolute atomic E-state index is 0.114. The number of rotatable bonds is 12. The van der Waals surface area contributed by atoms with Gasteiger partial charge in [-0.25, -0.2) is 15.0 Å². The van der Waals surface area contributed by atoms with Crippen molar-refractivity contribution >= 4 is 11.7 Å². The molecular formula is C18H35N3O. The summed E-state index contributed by atoms with van der Waals surface area (Å²) in [4.78, 5) is 9.32. The van der Waals surface area contributed by atoms with Crippen molar-refractivity contribution in [2.45, 2.75) is 104 Å². The number of unbranched alkanes of at least 4 members (excludes halogenated alkanes) is 6. The molecule has 1 N–H and O–H groups in total. The number of aliphatic imine (C=N–C) groups is 2. The van der Waals surface area contributed by atoms with Crippen LogP contribution in [0.2, 0.25) is 0 Å². The highest BCUT2D eigenvalue weighted by Crippen LogP contribution is 2.19. The number of hydrogen-bond donors (Lipinski definition) is 1. The van der Waals surface area contributed by atoms with Crippen molar-refractivity contribution in [1.82, 2.24) is 5.06 Å². The van der Waals surface area contributed by atoms with E-state index in [-0.39, 0.29) is 6.17 Å². The molecule has 1 atom stereocenters. The summed E-state index contributed by atoms with van der Waals surface area (Å²) in [5.74, 6) is 1.78. The molecule has 0 spiro atoms. The summed E-state index contributed by atoms with van der Waals surface area (Å²) >= 11 is 0. The minimum atomic E-state index is -0.114. The van der Waals surface area contributed by atoms with E-state index in [1.165, 1.54) is 43.6 Å². The predicted octanol–water partition coefficient (Wildman–Crippen LogP) is 5.56. The Kier molecular flexibility index (Phi) is 10.1. The Balaban J connectivity index is 2.64. The minimum Gasteiger partial charge on any atom is -0.285 e. The van der Waals surface area contributed by atoms with Gasteiger partial charge in [-0.05, 0) is 25.7 Å². The second-order valence-electron chi connectivity index (χ2n) is 6.31. The lowest BCUT2D eigenvalue weighted by Gasteiger charge is -2.30. The van der Waals surface area contributed by atoms with Gasteiger partial charge in [0.15, 0.2) is 0 Å². The number of nitrogens with zero attached hydrogens (tertiary/aromatic N) is 3. The monoisotopic (exact) mass is 309 g/mol. The first-order valence-corrected chi connectivity index (χ1v) is 9.35. The summed E-state index contributed by atoms with van der Waals surface area (Å²) in [6, 6.07) is 0. The molecule has 0 bridgehead atoms. The van der Waals surface area contributed by atoms with Crippen LogP contribution in [0.15, 0.2) is 9.98 Å². The van der Waals surface area contributed by atoms with E-state index < -0.39 is 0 Å². The Labute approximate surface area is 136 Å². The van der Waals surface area contributed by atoms with Crippen molar-refractivity contribution in [3.8, 4) is 0 Å². The zero-order valence-corrected chi connectivity index (χ0v) is 14.9. The van der Waals surface area contributed by atoms with Crippen molar-refractivity contribution in [1.29, 1.82) is 0 Å². The van der Waals surface area contributed by atoms with Crippen LogP contribution in [-0.4, -0.2) is 28.1 Å². The fourth-order valence-electron chi connectivity index (χ4n) is 2.75. The molecule has 1 heterocycles. The summed E-state index contributed by atoms with van der Waals surface area (Å²) < 4.78 is 0. The molecule has 0 aromatic rings. The highest BCUT2D eigenvalue weighted by Gasteiger charge is 2.24. The molecule has 1 rings (SSSR count). The van der Waals surface area contributed by atoms with E-state index in [2.05, 4.69) is 30.8 Å². The van der Waals surface area contributed by atoms with Crippen LogP contribution in [0.25, 0.3) is 0 Å². The van der Waals surface area contributed by atoms with Gasteiger partial charge in [-0.1, -0.05) is 59.3 Å². The van der Waals surface area contributed by atoms with Gasteiger partial charge in [-0.15, -0.1) is 0 Å². The number of hydrogen-bond acceptors (Lipinski definition) is 4. The van der Waals surface area contributed by atoms with E-state index >= 15 is 0 Å². The molecule has 0 radical (unpaired) electrons. The molecule has 22 heavy (non-hydrogen) atoms. The first-order valence-electron chi connectivity index (χ1n) is 9.35. The second-order valence-corrected chi connectivity index (χ2v) is 6.31. The van der Waals surface area contributed by atoms with Crippen LogP contribution in [0.3, 0.4) is 0 Å². The fourth-order valence-corrected chi connectivity index (χ4v) is 2.75. The second kappa shape index (κ2) is 11.6. The van der Waals surface area contributed by atoms with E-state index in [4.69, 9.17) is 0 Å². The summed E-state index contributed by atoms with van der Waals surface area (Å²) in [5, 5.41) is 11.8. The molecule has 0 saturated carbocycles. The summed E-state index contributed by atoms with van der Waals surface area (Å²) in [7, 11) is 0. The van der Waals surface area contributed by atoms with Crippen molar-refractivity contribution in [3.63, 3.8) is 0 Å². The predicted molar refractivity (Wildman–Crippen MR) is 94.7 cm³/mol. The van der Waals surface area contributed by atoms with E-state index in [0.29, 0.717) is 0 Å². The summed E-state index contributed by atoms with van der Waals surface area (Å²) in [6.45, 7) is 6.62. The zero-order chi connectivity index (χ0) is 16.2. The van der Waals surface area contributed by atoms with Crippen LogP contribution in [0.1, 0.15) is 97.8 Å². The maximum Gasteiger partial charge on any atom is 0.149 e. The molecule has 0 aliphatic carbocycles. The third kappa shape index (κ3) is 6.91. The van der Waals surface area contributed by atoms with Crippen LogP contribution in [0.5, 0.6) is 0 Å². The molecule has 0 aromatic carbocycles. The van der Waals surface area contributed by atoms with Gasteiger partial charge in [-0.3, -0.25) is 5.21 Å². The number of hydroxylamine groups is 2. The molecule has 1 unspecified atom stereocenters. The SMILES string of the molecule is CCCCCC1=NC(CCCCC)N(O)C(CCCCC)=N1. The van der Waals surface area contributed by atoms with Gasteiger partial charge in [0.25, 0.3) is 0 Å². The van der Waals surface area contributed by atoms with Crippen LogP contribution < -0.4 is 0 Å². The Morgan fingerprint density at radius 3 is 2.09 bits per heavy atom. The van der Waals surface area contributed by atoms with Gasteiger partial charge in [0, 0.05) is 12.8 Å². The van der Waals surface area contributed by atoms with E-state index in [1.807, 2.05) is 0 Å². The normalized spacial score (nSPS) is 18.4. The van der Waals surface area contributed by atoms with E-state index in [9.17, 15) is 5.21 Å². The van der Waals surface area contributed by atoms with Crippen molar-refractivity contribution in [2.75, 3.05) is 0 Å². The van der Waals surface area contributed by atoms with Gasteiger partial charge in [0.05, 0.1) is 0 Å². The van der Waals surface area contributed by atoms with Gasteiger partial charge < -0.3 is 0 Å². The van der Waals surface area contributed by atoms with E-state index in [0.717, 1.165) is 50.2 Å². The molecule has 128 valence electrons. The molecule has 4 heteroatoms. The van der Waals surface area contributed by atoms with Crippen LogP contribution in [0, 0.1) is 0 Å². The molecule has 0 amide bonds. The topological polar surface area (TPSA) is 48.2 Å². The van der Waals surface area contributed by atoms with Gasteiger partial charge >= 0.3 is 0 Å². The largest absolute Gasteiger partial charge is 0.285 e. The standard InChI is InChI=1S/C18H35N3O/c1-4-7-10-13-16-19-17(14-11-8-5-2)21(22)18(20-16)15-12-9-6-3/h17,22H,4-15H2,1-3H3. The smallest absolute Gasteiger partial charge is 0.149 e. The van der Waals surface area contributed by atoms with Gasteiger partial charge in [-0.2, -0.15) is 0 Å². The zero-order valence-electron chi connectivity index (χ0n) is 14.9.